The van der Waals surface area contributed by atoms with Crippen LogP contribution in [0.5, 0.6) is 0 Å². The molecule has 0 atom stereocenters. The van der Waals surface area contributed by atoms with E-state index in [-0.39, 0.29) is 0 Å². The highest BCUT2D eigenvalue weighted by Crippen LogP contribution is 2.30. The molecule has 6 heteroatoms. The third kappa shape index (κ3) is 2.72. The molecule has 3 heterocycles. The van der Waals surface area contributed by atoms with Crippen molar-refractivity contribution < 1.29 is 0 Å². The number of aromatic nitrogens is 5. The maximum absolute atomic E-state index is 4.72. The maximum Gasteiger partial charge on any atom is 0.187 e. The molecule has 0 bridgehead atoms. The number of para-hydroxylation sites is 2. The summed E-state index contributed by atoms with van der Waals surface area (Å²) in [5.74, 6) is 0. The van der Waals surface area contributed by atoms with E-state index in [0.717, 1.165) is 38.7 Å². The van der Waals surface area contributed by atoms with E-state index in [1.807, 2.05) is 48.9 Å². The van der Waals surface area contributed by atoms with Crippen molar-refractivity contribution in [2.24, 2.45) is 0 Å². The first kappa shape index (κ1) is 14.7. The number of fused-ring (bicyclic) bond motifs is 1. The van der Waals surface area contributed by atoms with Gasteiger partial charge in [0.05, 0.1) is 28.6 Å². The van der Waals surface area contributed by atoms with Gasteiger partial charge in [0, 0.05) is 29.7 Å². The Bertz CT molecular complexity index is 1000. The summed E-state index contributed by atoms with van der Waals surface area (Å²) in [5, 5.41) is 0.722. The van der Waals surface area contributed by atoms with Gasteiger partial charge in [0.2, 0.25) is 0 Å². The third-order valence-electron chi connectivity index (χ3n) is 3.63. The maximum atomic E-state index is 4.72. The van der Waals surface area contributed by atoms with Gasteiger partial charge in [0.1, 0.15) is 0 Å². The molecular formula is C18H13N5S. The highest BCUT2D eigenvalue weighted by atomic mass is 32.2. The Morgan fingerprint density at radius 3 is 2.42 bits per heavy atom. The Labute approximate surface area is 143 Å². The minimum atomic E-state index is 0.722. The molecule has 4 aromatic rings. The van der Waals surface area contributed by atoms with E-state index < -0.39 is 0 Å². The van der Waals surface area contributed by atoms with Crippen LogP contribution in [0, 0.1) is 0 Å². The fourth-order valence-electron chi connectivity index (χ4n) is 2.47. The van der Waals surface area contributed by atoms with Crippen LogP contribution in [-0.4, -0.2) is 31.2 Å². The molecule has 0 fully saturated rings. The Balaban J connectivity index is 1.93. The van der Waals surface area contributed by atoms with Crippen molar-refractivity contribution in [1.29, 1.82) is 0 Å². The molecule has 24 heavy (non-hydrogen) atoms. The molecule has 0 radical (unpaired) electrons. The minimum absolute atomic E-state index is 0.722. The summed E-state index contributed by atoms with van der Waals surface area (Å²) in [5.41, 5.74) is 5.15. The van der Waals surface area contributed by atoms with Crippen molar-refractivity contribution in [1.82, 2.24) is 24.9 Å². The monoisotopic (exact) mass is 331 g/mol. The van der Waals surface area contributed by atoms with E-state index >= 15 is 0 Å². The lowest BCUT2D eigenvalue weighted by molar-refractivity contribution is 0.976. The van der Waals surface area contributed by atoms with Crippen LogP contribution in [-0.2, 0) is 0 Å². The zero-order chi connectivity index (χ0) is 16.4. The van der Waals surface area contributed by atoms with Gasteiger partial charge in [-0.25, -0.2) is 15.0 Å². The van der Waals surface area contributed by atoms with Crippen molar-refractivity contribution in [3.05, 3.63) is 61.2 Å². The van der Waals surface area contributed by atoms with Gasteiger partial charge < -0.3 is 0 Å². The molecular weight excluding hydrogens is 318 g/mol. The first-order valence-electron chi connectivity index (χ1n) is 7.39. The van der Waals surface area contributed by atoms with E-state index in [1.165, 1.54) is 11.8 Å². The van der Waals surface area contributed by atoms with Crippen molar-refractivity contribution in [3.8, 4) is 22.5 Å². The standard InChI is InChI=1S/C18H13N5S/c1-24-18-21-10-13(17(23-18)12-6-8-19-9-7-12)16-11-20-14-4-2-3-5-15(14)22-16/h2-11H,1H3. The van der Waals surface area contributed by atoms with E-state index in [0.29, 0.717) is 0 Å². The van der Waals surface area contributed by atoms with Gasteiger partial charge in [-0.1, -0.05) is 23.9 Å². The van der Waals surface area contributed by atoms with Crippen LogP contribution < -0.4 is 0 Å². The lowest BCUT2D eigenvalue weighted by Gasteiger charge is -2.09. The molecule has 5 nitrogen and oxygen atoms in total. The summed E-state index contributed by atoms with van der Waals surface area (Å²) in [4.78, 5) is 22.4. The van der Waals surface area contributed by atoms with Gasteiger partial charge in [-0.05, 0) is 30.5 Å². The summed E-state index contributed by atoms with van der Waals surface area (Å²) in [6.07, 6.45) is 9.05. The lowest BCUT2D eigenvalue weighted by atomic mass is 10.1. The second-order valence-electron chi connectivity index (χ2n) is 5.10. The Kier molecular flexibility index (Phi) is 3.88. The van der Waals surface area contributed by atoms with Gasteiger partial charge in [-0.15, -0.1) is 0 Å². The van der Waals surface area contributed by atoms with Gasteiger partial charge in [-0.3, -0.25) is 9.97 Å². The summed E-state index contributed by atoms with van der Waals surface area (Å²) in [6, 6.07) is 11.7. The topological polar surface area (TPSA) is 64.5 Å². The van der Waals surface area contributed by atoms with Crippen LogP contribution in [0.25, 0.3) is 33.5 Å². The number of thioether (sulfide) groups is 1. The molecule has 0 N–H and O–H groups in total. The van der Waals surface area contributed by atoms with Crippen molar-refractivity contribution in [3.63, 3.8) is 0 Å². The van der Waals surface area contributed by atoms with Crippen molar-refractivity contribution >= 4 is 22.8 Å². The summed E-state index contributed by atoms with van der Waals surface area (Å²) in [6.45, 7) is 0. The molecule has 0 saturated carbocycles. The quantitative estimate of drug-likeness (QED) is 0.419. The number of pyridine rings is 1. The molecule has 4 rings (SSSR count). The molecule has 0 aliphatic heterocycles. The number of rotatable bonds is 3. The van der Waals surface area contributed by atoms with Crippen LogP contribution in [0.15, 0.2) is 66.3 Å². The van der Waals surface area contributed by atoms with Crippen molar-refractivity contribution in [2.75, 3.05) is 6.26 Å². The normalized spacial score (nSPS) is 10.9. The molecule has 0 aliphatic carbocycles. The first-order chi connectivity index (χ1) is 11.8. The van der Waals surface area contributed by atoms with Crippen LogP contribution >= 0.6 is 11.8 Å². The van der Waals surface area contributed by atoms with Gasteiger partial charge in [0.25, 0.3) is 0 Å². The van der Waals surface area contributed by atoms with Crippen LogP contribution in [0.1, 0.15) is 0 Å². The molecule has 0 unspecified atom stereocenters. The van der Waals surface area contributed by atoms with E-state index in [4.69, 9.17) is 4.98 Å². The zero-order valence-electron chi connectivity index (χ0n) is 12.9. The number of nitrogens with zero attached hydrogens (tertiary/aromatic N) is 5. The largest absolute Gasteiger partial charge is 0.265 e. The second-order valence-corrected chi connectivity index (χ2v) is 5.87. The SMILES string of the molecule is CSc1ncc(-c2cnc3ccccc3n2)c(-c2ccncc2)n1. The van der Waals surface area contributed by atoms with Crippen molar-refractivity contribution in [2.45, 2.75) is 5.16 Å². The average Bonchev–Trinajstić information content (AvgIpc) is 2.68. The van der Waals surface area contributed by atoms with Gasteiger partial charge in [-0.2, -0.15) is 0 Å². The molecule has 0 spiro atoms. The smallest absolute Gasteiger partial charge is 0.187 e. The van der Waals surface area contributed by atoms with E-state index in [1.54, 1.807) is 18.6 Å². The number of benzene rings is 1. The second kappa shape index (κ2) is 6.33. The molecule has 3 aromatic heterocycles. The molecule has 0 aliphatic rings. The average molecular weight is 331 g/mol. The summed E-state index contributed by atoms with van der Waals surface area (Å²) in [7, 11) is 0. The third-order valence-corrected chi connectivity index (χ3v) is 4.19. The Morgan fingerprint density at radius 2 is 1.62 bits per heavy atom. The minimum Gasteiger partial charge on any atom is -0.265 e. The van der Waals surface area contributed by atoms with E-state index in [2.05, 4.69) is 19.9 Å². The summed E-state index contributed by atoms with van der Waals surface area (Å²) >= 11 is 1.51. The number of hydrogen-bond donors (Lipinski definition) is 0. The van der Waals surface area contributed by atoms with Crippen LogP contribution in [0.3, 0.4) is 0 Å². The molecule has 116 valence electrons. The van der Waals surface area contributed by atoms with Crippen LogP contribution in [0.4, 0.5) is 0 Å². The molecule has 1 aromatic carbocycles. The zero-order valence-corrected chi connectivity index (χ0v) is 13.7. The number of hydrogen-bond acceptors (Lipinski definition) is 6. The van der Waals surface area contributed by atoms with Gasteiger partial charge >= 0.3 is 0 Å². The predicted molar refractivity (Wildman–Crippen MR) is 95.6 cm³/mol. The summed E-state index contributed by atoms with van der Waals surface area (Å²) < 4.78 is 0. The molecule has 0 saturated heterocycles. The van der Waals surface area contributed by atoms with Gasteiger partial charge in [0.15, 0.2) is 5.16 Å². The predicted octanol–water partition coefficient (Wildman–Crippen LogP) is 3.87. The van der Waals surface area contributed by atoms with Crippen LogP contribution in [0.2, 0.25) is 0 Å². The Hall–Kier alpha value is -2.86. The first-order valence-corrected chi connectivity index (χ1v) is 8.61. The fourth-order valence-corrected chi connectivity index (χ4v) is 2.81. The highest BCUT2D eigenvalue weighted by molar-refractivity contribution is 7.98. The molecule has 0 amide bonds. The Morgan fingerprint density at radius 1 is 0.833 bits per heavy atom. The highest BCUT2D eigenvalue weighted by Gasteiger charge is 2.13. The fraction of sp³-hybridized carbons (Fsp3) is 0.0556. The van der Waals surface area contributed by atoms with E-state index in [9.17, 15) is 0 Å². The lowest BCUT2D eigenvalue weighted by Crippen LogP contribution is -1.97.